The molecule has 0 aliphatic carbocycles. The topological polar surface area (TPSA) is 81.5 Å². The van der Waals surface area contributed by atoms with E-state index in [9.17, 15) is 14.9 Å². The van der Waals surface area contributed by atoms with Gasteiger partial charge in [0.25, 0.3) is 5.69 Å². The normalized spacial score (nSPS) is 10.3. The maximum atomic E-state index is 11.4. The number of nitrogens with one attached hydrogen (secondary N) is 1. The minimum absolute atomic E-state index is 0.0982. The van der Waals surface area contributed by atoms with Crippen molar-refractivity contribution < 1.29 is 14.5 Å². The third-order valence-corrected chi connectivity index (χ3v) is 3.75. The van der Waals surface area contributed by atoms with E-state index in [-0.39, 0.29) is 11.5 Å². The number of carbonyl (C=O) groups excluding carboxylic acids is 1. The van der Waals surface area contributed by atoms with E-state index in [2.05, 4.69) is 5.32 Å². The van der Waals surface area contributed by atoms with E-state index in [0.717, 1.165) is 16.9 Å². The average Bonchev–Trinajstić information content (AvgIpc) is 2.55. The number of nitro benzene ring substituents is 1. The molecule has 0 spiro atoms. The molecule has 0 saturated carbocycles. The van der Waals surface area contributed by atoms with Crippen LogP contribution in [-0.4, -0.2) is 24.4 Å². The zero-order chi connectivity index (χ0) is 17.7. The van der Waals surface area contributed by atoms with Gasteiger partial charge in [-0.2, -0.15) is 0 Å². The Bertz CT molecular complexity index is 772. The van der Waals surface area contributed by atoms with Gasteiger partial charge in [0.05, 0.1) is 12.0 Å². The second-order valence-electron chi connectivity index (χ2n) is 5.54. The van der Waals surface area contributed by atoms with Gasteiger partial charge < -0.3 is 10.1 Å². The molecule has 0 aliphatic heterocycles. The van der Waals surface area contributed by atoms with Gasteiger partial charge in [0.2, 0.25) is 0 Å². The Hall–Kier alpha value is -2.89. The van der Waals surface area contributed by atoms with Gasteiger partial charge in [-0.1, -0.05) is 17.7 Å². The molecule has 0 amide bonds. The van der Waals surface area contributed by atoms with Crippen molar-refractivity contribution in [1.82, 2.24) is 0 Å². The van der Waals surface area contributed by atoms with Crippen LogP contribution in [0.5, 0.6) is 5.75 Å². The molecular formula is C18H20N2O4. The van der Waals surface area contributed by atoms with E-state index in [1.165, 1.54) is 13.0 Å². The predicted molar refractivity (Wildman–Crippen MR) is 93.0 cm³/mol. The molecule has 6 nitrogen and oxygen atoms in total. The van der Waals surface area contributed by atoms with Crippen molar-refractivity contribution in [2.24, 2.45) is 0 Å². The minimum Gasteiger partial charge on any atom is -0.496 e. The largest absolute Gasteiger partial charge is 0.496 e. The molecule has 0 heterocycles. The number of nitro groups is 1. The Balaban J connectivity index is 2.14. The summed E-state index contributed by atoms with van der Waals surface area (Å²) in [5.41, 5.74) is 2.79. The number of hydrogen-bond donors (Lipinski definition) is 1. The van der Waals surface area contributed by atoms with Crippen molar-refractivity contribution in [2.45, 2.75) is 20.3 Å². The predicted octanol–water partition coefficient (Wildman–Crippen LogP) is 3.77. The van der Waals surface area contributed by atoms with E-state index >= 15 is 0 Å². The number of carbonyl (C=O) groups is 1. The maximum Gasteiger partial charge on any atom is 0.293 e. The summed E-state index contributed by atoms with van der Waals surface area (Å²) in [6.07, 6.45) is 0.663. The monoisotopic (exact) mass is 328 g/mol. The summed E-state index contributed by atoms with van der Waals surface area (Å²) < 4.78 is 5.33. The molecule has 0 saturated heterocycles. The summed E-state index contributed by atoms with van der Waals surface area (Å²) in [5.74, 6) is 0.595. The van der Waals surface area contributed by atoms with Crippen LogP contribution in [0.1, 0.15) is 28.4 Å². The summed E-state index contributed by atoms with van der Waals surface area (Å²) in [5, 5.41) is 14.3. The molecule has 0 aromatic heterocycles. The lowest BCUT2D eigenvalue weighted by molar-refractivity contribution is -0.384. The molecule has 0 radical (unpaired) electrons. The van der Waals surface area contributed by atoms with E-state index in [4.69, 9.17) is 4.74 Å². The summed E-state index contributed by atoms with van der Waals surface area (Å²) in [6.45, 7) is 3.90. The molecule has 0 bridgehead atoms. The molecule has 126 valence electrons. The molecule has 0 fully saturated rings. The lowest BCUT2D eigenvalue weighted by Crippen LogP contribution is -2.08. The quantitative estimate of drug-likeness (QED) is 0.475. The average molecular weight is 328 g/mol. The van der Waals surface area contributed by atoms with Crippen LogP contribution in [0.4, 0.5) is 11.4 Å². The number of methoxy groups -OCH3 is 1. The van der Waals surface area contributed by atoms with Gasteiger partial charge in [0.1, 0.15) is 11.4 Å². The number of nitrogens with zero attached hydrogens (tertiary/aromatic N) is 1. The second kappa shape index (κ2) is 7.59. The third-order valence-electron chi connectivity index (χ3n) is 3.75. The molecule has 6 heteroatoms. The van der Waals surface area contributed by atoms with Crippen LogP contribution in [-0.2, 0) is 6.42 Å². The standard InChI is InChI=1S/C18H20N2O4/c1-12-4-7-18(24-3)15(10-12)8-9-19-16-6-5-14(13(2)21)11-17(16)20(22)23/h4-7,10-11,19H,8-9H2,1-3H3. The first kappa shape index (κ1) is 17.5. The number of anilines is 1. The van der Waals surface area contributed by atoms with Gasteiger partial charge in [-0.3, -0.25) is 14.9 Å². The highest BCUT2D eigenvalue weighted by Crippen LogP contribution is 2.26. The lowest BCUT2D eigenvalue weighted by atomic mass is 10.1. The SMILES string of the molecule is COc1ccc(C)cc1CCNc1ccc(C(C)=O)cc1[N+](=O)[O-]. The van der Waals surface area contributed by atoms with Crippen LogP contribution in [0.2, 0.25) is 0 Å². The Morgan fingerprint density at radius 3 is 2.62 bits per heavy atom. The number of Topliss-reactive ketones (excluding diaryl/α,β-unsaturated/α-hetero) is 1. The molecule has 2 aromatic carbocycles. The molecule has 0 aliphatic rings. The molecule has 24 heavy (non-hydrogen) atoms. The zero-order valence-electron chi connectivity index (χ0n) is 14.0. The number of rotatable bonds is 7. The van der Waals surface area contributed by atoms with Gasteiger partial charge in [-0.05, 0) is 44.0 Å². The maximum absolute atomic E-state index is 11.4. The van der Waals surface area contributed by atoms with Crippen molar-refractivity contribution in [1.29, 1.82) is 0 Å². The molecule has 2 rings (SSSR count). The van der Waals surface area contributed by atoms with Crippen molar-refractivity contribution in [2.75, 3.05) is 19.0 Å². The van der Waals surface area contributed by atoms with Crippen LogP contribution >= 0.6 is 0 Å². The zero-order valence-corrected chi connectivity index (χ0v) is 14.0. The number of ketones is 1. The van der Waals surface area contributed by atoms with Crippen LogP contribution in [0.25, 0.3) is 0 Å². The summed E-state index contributed by atoms with van der Waals surface area (Å²) in [6, 6.07) is 10.4. The van der Waals surface area contributed by atoms with Crippen molar-refractivity contribution in [3.63, 3.8) is 0 Å². The Morgan fingerprint density at radius 1 is 1.25 bits per heavy atom. The first-order valence-electron chi connectivity index (χ1n) is 7.59. The Morgan fingerprint density at radius 2 is 2.00 bits per heavy atom. The fourth-order valence-electron chi connectivity index (χ4n) is 2.49. The third kappa shape index (κ3) is 4.10. The van der Waals surface area contributed by atoms with Gasteiger partial charge in [-0.25, -0.2) is 0 Å². The van der Waals surface area contributed by atoms with Gasteiger partial charge >= 0.3 is 0 Å². The number of ether oxygens (including phenoxy) is 1. The van der Waals surface area contributed by atoms with E-state index in [1.54, 1.807) is 19.2 Å². The van der Waals surface area contributed by atoms with Gasteiger partial charge in [0, 0.05) is 18.2 Å². The second-order valence-corrected chi connectivity index (χ2v) is 5.54. The lowest BCUT2D eigenvalue weighted by Gasteiger charge is -2.11. The van der Waals surface area contributed by atoms with Crippen molar-refractivity contribution >= 4 is 17.2 Å². The molecule has 0 unspecified atom stereocenters. The molecule has 2 aromatic rings. The van der Waals surface area contributed by atoms with Crippen LogP contribution in [0, 0.1) is 17.0 Å². The van der Waals surface area contributed by atoms with Gasteiger partial charge in [-0.15, -0.1) is 0 Å². The number of aryl methyl sites for hydroxylation is 1. The van der Waals surface area contributed by atoms with E-state index < -0.39 is 4.92 Å². The fraction of sp³-hybridized carbons (Fsp3) is 0.278. The van der Waals surface area contributed by atoms with E-state index in [1.807, 2.05) is 25.1 Å². The molecular weight excluding hydrogens is 308 g/mol. The summed E-state index contributed by atoms with van der Waals surface area (Å²) >= 11 is 0. The Kier molecular flexibility index (Phi) is 5.52. The number of benzene rings is 2. The first-order chi connectivity index (χ1) is 11.4. The highest BCUT2D eigenvalue weighted by molar-refractivity contribution is 5.95. The smallest absolute Gasteiger partial charge is 0.293 e. The first-order valence-corrected chi connectivity index (χ1v) is 7.59. The summed E-state index contributed by atoms with van der Waals surface area (Å²) in [4.78, 5) is 22.1. The van der Waals surface area contributed by atoms with Crippen LogP contribution < -0.4 is 10.1 Å². The molecule has 1 N–H and O–H groups in total. The van der Waals surface area contributed by atoms with Crippen molar-refractivity contribution in [3.8, 4) is 5.75 Å². The Labute approximate surface area is 140 Å². The van der Waals surface area contributed by atoms with Crippen molar-refractivity contribution in [3.05, 3.63) is 63.2 Å². The van der Waals surface area contributed by atoms with Crippen LogP contribution in [0.3, 0.4) is 0 Å². The highest BCUT2D eigenvalue weighted by atomic mass is 16.6. The fourth-order valence-corrected chi connectivity index (χ4v) is 2.49. The highest BCUT2D eigenvalue weighted by Gasteiger charge is 2.16. The van der Waals surface area contributed by atoms with E-state index in [0.29, 0.717) is 24.2 Å². The summed E-state index contributed by atoms with van der Waals surface area (Å²) in [7, 11) is 1.62. The molecule has 0 atom stereocenters. The van der Waals surface area contributed by atoms with Crippen LogP contribution in [0.15, 0.2) is 36.4 Å². The van der Waals surface area contributed by atoms with Gasteiger partial charge in [0.15, 0.2) is 5.78 Å². The number of hydrogen-bond acceptors (Lipinski definition) is 5. The minimum atomic E-state index is -0.484.